The topological polar surface area (TPSA) is 154 Å². The van der Waals surface area contributed by atoms with E-state index in [1.807, 2.05) is 0 Å². The highest BCUT2D eigenvalue weighted by Crippen LogP contribution is 2.21. The summed E-state index contributed by atoms with van der Waals surface area (Å²) in [6, 6.07) is 4.72. The number of anilines is 1. The Bertz CT molecular complexity index is 762. The lowest BCUT2D eigenvalue weighted by molar-refractivity contribution is -0.162. The zero-order valence-corrected chi connectivity index (χ0v) is 16.0. The summed E-state index contributed by atoms with van der Waals surface area (Å²) in [4.78, 5) is 59.9. The van der Waals surface area contributed by atoms with Gasteiger partial charge in [0.25, 0.3) is 5.91 Å². The molecule has 0 spiro atoms. The van der Waals surface area contributed by atoms with E-state index in [9.17, 15) is 24.0 Å². The summed E-state index contributed by atoms with van der Waals surface area (Å²) >= 11 is 0. The minimum absolute atomic E-state index is 0.0730. The molecule has 28 heavy (non-hydrogen) atoms. The lowest BCUT2D eigenvalue weighted by atomic mass is 9.86. The molecule has 0 saturated carbocycles. The number of hydrogen-bond acceptors (Lipinski definition) is 7. The average Bonchev–Trinajstić information content (AvgIpc) is 2.65. The molecule has 0 bridgehead atoms. The number of carbonyl (C=O) groups excluding carboxylic acids is 5. The second-order valence-corrected chi connectivity index (χ2v) is 5.96. The monoisotopic (exact) mass is 393 g/mol. The molecule has 0 aliphatic heterocycles. The lowest BCUT2D eigenvalue weighted by Gasteiger charge is -2.27. The predicted octanol–water partition coefficient (Wildman–Crippen LogP) is -0.173. The first kappa shape index (κ1) is 22.6. The van der Waals surface area contributed by atoms with Crippen LogP contribution >= 0.6 is 0 Å². The first-order valence-electron chi connectivity index (χ1n) is 8.26. The van der Waals surface area contributed by atoms with Crippen molar-refractivity contribution in [2.75, 3.05) is 19.5 Å². The highest BCUT2D eigenvalue weighted by molar-refractivity contribution is 6.05. The predicted molar refractivity (Wildman–Crippen MR) is 97.9 cm³/mol. The number of nitrogens with one attached hydrogen (secondary N) is 2. The first-order chi connectivity index (χ1) is 13.1. The fraction of sp³-hybridized carbons (Fsp3) is 0.389. The van der Waals surface area contributed by atoms with Gasteiger partial charge in [0.1, 0.15) is 6.04 Å². The molecule has 0 aromatic heterocycles. The molecule has 0 heterocycles. The maximum absolute atomic E-state index is 12.7. The van der Waals surface area contributed by atoms with E-state index in [1.165, 1.54) is 26.0 Å². The van der Waals surface area contributed by atoms with Gasteiger partial charge >= 0.3 is 11.9 Å². The number of primary amides is 1. The second-order valence-electron chi connectivity index (χ2n) is 5.96. The van der Waals surface area contributed by atoms with E-state index in [0.717, 1.165) is 14.2 Å². The molecule has 4 N–H and O–H groups in total. The molecular weight excluding hydrogens is 370 g/mol. The number of nitrogens with two attached hydrogens (primary N) is 1. The summed E-state index contributed by atoms with van der Waals surface area (Å²) in [5.41, 5.74) is 5.67. The summed E-state index contributed by atoms with van der Waals surface area (Å²) in [5, 5.41) is 4.90. The Morgan fingerprint density at radius 2 is 1.54 bits per heavy atom. The summed E-state index contributed by atoms with van der Waals surface area (Å²) < 4.78 is 9.17. The third-order valence-corrected chi connectivity index (χ3v) is 4.04. The maximum atomic E-state index is 12.7. The van der Waals surface area contributed by atoms with Crippen LogP contribution in [-0.2, 0) is 28.7 Å². The van der Waals surface area contributed by atoms with E-state index in [4.69, 9.17) is 5.73 Å². The molecule has 0 aliphatic rings. The van der Waals surface area contributed by atoms with E-state index in [1.54, 1.807) is 12.1 Å². The molecule has 0 unspecified atom stereocenters. The van der Waals surface area contributed by atoms with Crippen molar-refractivity contribution in [3.8, 4) is 0 Å². The summed E-state index contributed by atoms with van der Waals surface area (Å²) in [7, 11) is 2.15. The fourth-order valence-corrected chi connectivity index (χ4v) is 2.63. The molecule has 3 amide bonds. The Kier molecular flexibility index (Phi) is 8.11. The number of amides is 3. The number of para-hydroxylation sites is 1. The molecular formula is C18H23N3O7. The van der Waals surface area contributed by atoms with E-state index in [2.05, 4.69) is 20.1 Å². The quantitative estimate of drug-likeness (QED) is 0.409. The largest absolute Gasteiger partial charge is 0.468 e. The van der Waals surface area contributed by atoms with Crippen molar-refractivity contribution >= 4 is 35.3 Å². The van der Waals surface area contributed by atoms with Crippen LogP contribution in [-0.4, -0.2) is 49.9 Å². The van der Waals surface area contributed by atoms with Gasteiger partial charge in [0, 0.05) is 12.8 Å². The normalized spacial score (nSPS) is 12.5. The van der Waals surface area contributed by atoms with Gasteiger partial charge in [0.05, 0.1) is 25.5 Å². The highest BCUT2D eigenvalue weighted by atomic mass is 16.5. The summed E-state index contributed by atoms with van der Waals surface area (Å²) in [6.45, 7) is 2.66. The van der Waals surface area contributed by atoms with Crippen molar-refractivity contribution in [3.05, 3.63) is 29.8 Å². The van der Waals surface area contributed by atoms with Gasteiger partial charge in [-0.2, -0.15) is 0 Å². The molecule has 0 aliphatic carbocycles. The molecule has 1 rings (SSSR count). The van der Waals surface area contributed by atoms with Crippen LogP contribution in [0.25, 0.3) is 0 Å². The zero-order chi connectivity index (χ0) is 21.4. The number of ether oxygens (including phenoxy) is 2. The fourth-order valence-electron chi connectivity index (χ4n) is 2.63. The molecule has 1 aromatic rings. The standard InChI is InChI=1S/C18H23N3O7/c1-9(13(17(25)27-3)18(26)28-4)14(15(19)23)21-16(24)11-7-5-6-8-12(11)20-10(2)22/h5-9,13-14H,1-4H3,(H2,19,23)(H,20,22)(H,21,24)/t9-,14+/m1/s1. The molecule has 0 fully saturated rings. The van der Waals surface area contributed by atoms with Crippen LogP contribution in [0.3, 0.4) is 0 Å². The SMILES string of the molecule is COC(=O)C(C(=O)OC)[C@@H](C)[C@H](NC(=O)c1ccccc1NC(C)=O)C(N)=O. The third-order valence-electron chi connectivity index (χ3n) is 4.04. The van der Waals surface area contributed by atoms with Crippen molar-refractivity contribution in [1.82, 2.24) is 5.32 Å². The molecule has 0 saturated heterocycles. The van der Waals surface area contributed by atoms with Crippen molar-refractivity contribution in [2.45, 2.75) is 19.9 Å². The van der Waals surface area contributed by atoms with Gasteiger partial charge in [0.2, 0.25) is 11.8 Å². The molecule has 10 nitrogen and oxygen atoms in total. The third kappa shape index (κ3) is 5.53. The first-order valence-corrected chi connectivity index (χ1v) is 8.26. The van der Waals surface area contributed by atoms with Gasteiger partial charge < -0.3 is 25.8 Å². The Hall–Kier alpha value is -3.43. The number of rotatable bonds is 8. The van der Waals surface area contributed by atoms with Gasteiger partial charge in [-0.15, -0.1) is 0 Å². The van der Waals surface area contributed by atoms with Gasteiger partial charge in [-0.3, -0.25) is 24.0 Å². The van der Waals surface area contributed by atoms with Crippen LogP contribution < -0.4 is 16.4 Å². The Labute approximate surface area is 161 Å². The van der Waals surface area contributed by atoms with Crippen molar-refractivity contribution in [3.63, 3.8) is 0 Å². The Morgan fingerprint density at radius 1 is 1.00 bits per heavy atom. The molecule has 1 aromatic carbocycles. The van der Waals surface area contributed by atoms with Crippen LogP contribution in [0.4, 0.5) is 5.69 Å². The maximum Gasteiger partial charge on any atom is 0.320 e. The van der Waals surface area contributed by atoms with Crippen LogP contribution in [0.2, 0.25) is 0 Å². The smallest absolute Gasteiger partial charge is 0.320 e. The molecule has 152 valence electrons. The van der Waals surface area contributed by atoms with E-state index in [0.29, 0.717) is 0 Å². The molecule has 2 atom stereocenters. The van der Waals surface area contributed by atoms with Crippen LogP contribution in [0, 0.1) is 11.8 Å². The summed E-state index contributed by atoms with van der Waals surface area (Å²) in [5.74, 6) is -6.48. The van der Waals surface area contributed by atoms with Gasteiger partial charge in [-0.25, -0.2) is 0 Å². The lowest BCUT2D eigenvalue weighted by Crippen LogP contribution is -2.53. The number of esters is 2. The van der Waals surface area contributed by atoms with Crippen molar-refractivity contribution in [2.24, 2.45) is 17.6 Å². The summed E-state index contributed by atoms with van der Waals surface area (Å²) in [6.07, 6.45) is 0. The van der Waals surface area contributed by atoms with E-state index < -0.39 is 47.5 Å². The Morgan fingerprint density at radius 3 is 2.00 bits per heavy atom. The van der Waals surface area contributed by atoms with Crippen molar-refractivity contribution in [1.29, 1.82) is 0 Å². The van der Waals surface area contributed by atoms with Crippen LogP contribution in [0.5, 0.6) is 0 Å². The van der Waals surface area contributed by atoms with E-state index in [-0.39, 0.29) is 11.3 Å². The number of methoxy groups -OCH3 is 2. The van der Waals surface area contributed by atoms with Gasteiger partial charge in [0.15, 0.2) is 5.92 Å². The molecule has 0 radical (unpaired) electrons. The molecule has 10 heteroatoms. The van der Waals surface area contributed by atoms with Crippen LogP contribution in [0.1, 0.15) is 24.2 Å². The average molecular weight is 393 g/mol. The minimum atomic E-state index is -1.47. The highest BCUT2D eigenvalue weighted by Gasteiger charge is 2.41. The van der Waals surface area contributed by atoms with Crippen molar-refractivity contribution < 1.29 is 33.4 Å². The number of benzene rings is 1. The van der Waals surface area contributed by atoms with E-state index >= 15 is 0 Å². The Balaban J connectivity index is 3.18. The number of hydrogen-bond donors (Lipinski definition) is 3. The van der Waals surface area contributed by atoms with Crippen LogP contribution in [0.15, 0.2) is 24.3 Å². The van der Waals surface area contributed by atoms with Gasteiger partial charge in [-0.05, 0) is 12.1 Å². The second kappa shape index (κ2) is 10.0. The van der Waals surface area contributed by atoms with Gasteiger partial charge in [-0.1, -0.05) is 19.1 Å². The zero-order valence-electron chi connectivity index (χ0n) is 16.0. The number of carbonyl (C=O) groups is 5. The minimum Gasteiger partial charge on any atom is -0.468 e.